The quantitative estimate of drug-likeness (QED) is 0.431. The van der Waals surface area contributed by atoms with Gasteiger partial charge in [0.15, 0.2) is 0 Å². The van der Waals surface area contributed by atoms with Gasteiger partial charge in [0, 0.05) is 0 Å². The maximum absolute atomic E-state index is 5.44. The molecule has 3 rings (SSSR count). The van der Waals surface area contributed by atoms with Gasteiger partial charge >= 0.3 is 0 Å². The zero-order chi connectivity index (χ0) is 7.64. The fourth-order valence-corrected chi connectivity index (χ4v) is 2.26. The fraction of sp³-hybridized carbons (Fsp3) is 0.556. The number of epoxide rings is 2. The summed E-state index contributed by atoms with van der Waals surface area (Å²) >= 11 is 0. The summed E-state index contributed by atoms with van der Waals surface area (Å²) < 4.78 is 10.9. The van der Waals surface area contributed by atoms with Gasteiger partial charge < -0.3 is 9.47 Å². The predicted octanol–water partition coefficient (Wildman–Crippen LogP) is 0.893. The summed E-state index contributed by atoms with van der Waals surface area (Å²) in [7, 11) is 0. The van der Waals surface area contributed by atoms with Crippen LogP contribution in [0, 0.1) is 5.41 Å². The van der Waals surface area contributed by atoms with Crippen molar-refractivity contribution in [3.05, 3.63) is 25.3 Å². The van der Waals surface area contributed by atoms with Gasteiger partial charge in [0.2, 0.25) is 0 Å². The highest BCUT2D eigenvalue weighted by atomic mass is 16.7. The van der Waals surface area contributed by atoms with Crippen molar-refractivity contribution in [2.75, 3.05) is 0 Å². The molecule has 1 aliphatic carbocycles. The van der Waals surface area contributed by atoms with Gasteiger partial charge in [0.1, 0.15) is 24.4 Å². The number of fused-ring (bicyclic) bond motifs is 3. The largest absolute Gasteiger partial charge is 0.365 e. The summed E-state index contributed by atoms with van der Waals surface area (Å²) in [4.78, 5) is 0. The molecular formula is C9H10O2. The Morgan fingerprint density at radius 3 is 1.73 bits per heavy atom. The van der Waals surface area contributed by atoms with E-state index in [9.17, 15) is 0 Å². The number of hydrogen-bond donors (Lipinski definition) is 0. The number of ether oxygens (including phenoxy) is 2. The van der Waals surface area contributed by atoms with E-state index in [1.807, 2.05) is 12.2 Å². The maximum Gasteiger partial charge on any atom is 0.114 e. The zero-order valence-electron chi connectivity index (χ0n) is 6.19. The van der Waals surface area contributed by atoms with Crippen LogP contribution in [0.15, 0.2) is 25.3 Å². The van der Waals surface area contributed by atoms with E-state index in [2.05, 4.69) is 13.2 Å². The Balaban J connectivity index is 2.05. The summed E-state index contributed by atoms with van der Waals surface area (Å²) in [6.07, 6.45) is 5.17. The van der Waals surface area contributed by atoms with E-state index in [0.717, 1.165) is 0 Å². The lowest BCUT2D eigenvalue weighted by Gasteiger charge is -2.19. The lowest BCUT2D eigenvalue weighted by Crippen LogP contribution is -2.26. The fourth-order valence-electron chi connectivity index (χ4n) is 2.26. The van der Waals surface area contributed by atoms with Gasteiger partial charge in [0.25, 0.3) is 0 Å². The average molecular weight is 150 g/mol. The highest BCUT2D eigenvalue weighted by molar-refractivity contribution is 5.34. The van der Waals surface area contributed by atoms with Gasteiger partial charge in [-0.1, -0.05) is 12.2 Å². The topological polar surface area (TPSA) is 25.1 Å². The molecule has 0 N–H and O–H groups in total. The Bertz CT molecular complexity index is 220. The Morgan fingerprint density at radius 1 is 1.00 bits per heavy atom. The zero-order valence-corrected chi connectivity index (χ0v) is 6.19. The summed E-state index contributed by atoms with van der Waals surface area (Å²) in [6, 6.07) is 0. The molecule has 2 heteroatoms. The SMILES string of the molecule is C=CC1(C=C)C2OC2C2OC21. The molecule has 2 heterocycles. The van der Waals surface area contributed by atoms with Crippen LogP contribution in [-0.2, 0) is 9.47 Å². The minimum absolute atomic E-state index is 0.0741. The van der Waals surface area contributed by atoms with E-state index in [-0.39, 0.29) is 5.41 Å². The van der Waals surface area contributed by atoms with E-state index in [4.69, 9.17) is 9.47 Å². The van der Waals surface area contributed by atoms with Crippen LogP contribution in [-0.4, -0.2) is 24.4 Å². The van der Waals surface area contributed by atoms with Crippen LogP contribution < -0.4 is 0 Å². The molecule has 0 aromatic heterocycles. The first-order valence-electron chi connectivity index (χ1n) is 3.91. The van der Waals surface area contributed by atoms with Crippen LogP contribution in [0.1, 0.15) is 0 Å². The monoisotopic (exact) mass is 150 g/mol. The molecule has 2 nitrogen and oxygen atoms in total. The molecule has 4 atom stereocenters. The van der Waals surface area contributed by atoms with Crippen molar-refractivity contribution in [1.82, 2.24) is 0 Å². The van der Waals surface area contributed by atoms with Crippen molar-refractivity contribution in [3.63, 3.8) is 0 Å². The summed E-state index contributed by atoms with van der Waals surface area (Å²) in [6.45, 7) is 7.62. The van der Waals surface area contributed by atoms with Crippen molar-refractivity contribution < 1.29 is 9.47 Å². The van der Waals surface area contributed by atoms with Gasteiger partial charge in [0.05, 0.1) is 5.41 Å². The Morgan fingerprint density at radius 2 is 1.45 bits per heavy atom. The highest BCUT2D eigenvalue weighted by Gasteiger charge is 2.77. The molecule has 0 bridgehead atoms. The van der Waals surface area contributed by atoms with Gasteiger partial charge in [-0.2, -0.15) is 0 Å². The number of hydrogen-bond acceptors (Lipinski definition) is 2. The summed E-state index contributed by atoms with van der Waals surface area (Å²) in [5.74, 6) is 0. The Hall–Kier alpha value is -0.600. The van der Waals surface area contributed by atoms with Crippen LogP contribution in [0.2, 0.25) is 0 Å². The van der Waals surface area contributed by atoms with Crippen molar-refractivity contribution >= 4 is 0 Å². The van der Waals surface area contributed by atoms with Crippen molar-refractivity contribution in [2.45, 2.75) is 24.4 Å². The maximum atomic E-state index is 5.44. The van der Waals surface area contributed by atoms with Crippen molar-refractivity contribution in [2.24, 2.45) is 5.41 Å². The smallest absolute Gasteiger partial charge is 0.114 e. The molecule has 1 saturated carbocycles. The van der Waals surface area contributed by atoms with Gasteiger partial charge in [-0.25, -0.2) is 0 Å². The molecule has 4 unspecified atom stereocenters. The lowest BCUT2D eigenvalue weighted by molar-refractivity contribution is 0.242. The molecular weight excluding hydrogens is 140 g/mol. The molecule has 0 amide bonds. The van der Waals surface area contributed by atoms with Gasteiger partial charge in [-0.3, -0.25) is 0 Å². The molecule has 0 aromatic carbocycles. The second-order valence-corrected chi connectivity index (χ2v) is 3.45. The molecule has 0 aromatic rings. The molecule has 2 aliphatic heterocycles. The normalized spacial score (nSPS) is 54.2. The lowest BCUT2D eigenvalue weighted by atomic mass is 9.85. The molecule has 11 heavy (non-hydrogen) atoms. The molecule has 2 saturated heterocycles. The first-order chi connectivity index (χ1) is 5.33. The van der Waals surface area contributed by atoms with Crippen LogP contribution in [0.25, 0.3) is 0 Å². The van der Waals surface area contributed by atoms with Crippen LogP contribution in [0.3, 0.4) is 0 Å². The van der Waals surface area contributed by atoms with Crippen molar-refractivity contribution in [1.29, 1.82) is 0 Å². The predicted molar refractivity (Wildman–Crippen MR) is 40.1 cm³/mol. The van der Waals surface area contributed by atoms with Crippen LogP contribution >= 0.6 is 0 Å². The van der Waals surface area contributed by atoms with E-state index in [1.54, 1.807) is 0 Å². The average Bonchev–Trinajstić information content (AvgIpc) is 2.83. The first-order valence-corrected chi connectivity index (χ1v) is 3.91. The van der Waals surface area contributed by atoms with Crippen molar-refractivity contribution in [3.8, 4) is 0 Å². The van der Waals surface area contributed by atoms with E-state index in [1.165, 1.54) is 0 Å². The molecule has 0 spiro atoms. The third-order valence-electron chi connectivity index (χ3n) is 3.07. The van der Waals surface area contributed by atoms with E-state index >= 15 is 0 Å². The van der Waals surface area contributed by atoms with Crippen LogP contribution in [0.5, 0.6) is 0 Å². The third kappa shape index (κ3) is 0.461. The standard InChI is InChI=1S/C9H10O2/c1-3-9(4-2)7-5(10-7)6-8(9)11-6/h3-8H,1-2H2. The molecule has 0 radical (unpaired) electrons. The van der Waals surface area contributed by atoms with Gasteiger partial charge in [-0.15, -0.1) is 13.2 Å². The minimum Gasteiger partial charge on any atom is -0.365 e. The summed E-state index contributed by atoms with van der Waals surface area (Å²) in [5, 5.41) is 0. The second kappa shape index (κ2) is 1.45. The number of rotatable bonds is 2. The van der Waals surface area contributed by atoms with Crippen LogP contribution in [0.4, 0.5) is 0 Å². The summed E-state index contributed by atoms with van der Waals surface area (Å²) in [5.41, 5.74) is -0.0741. The van der Waals surface area contributed by atoms with E-state index < -0.39 is 0 Å². The minimum atomic E-state index is -0.0741. The second-order valence-electron chi connectivity index (χ2n) is 3.45. The highest BCUT2D eigenvalue weighted by Crippen LogP contribution is 2.62. The third-order valence-corrected chi connectivity index (χ3v) is 3.07. The molecule has 3 aliphatic rings. The van der Waals surface area contributed by atoms with Gasteiger partial charge in [-0.05, 0) is 0 Å². The Labute approximate surface area is 65.5 Å². The molecule has 3 fully saturated rings. The van der Waals surface area contributed by atoms with E-state index in [0.29, 0.717) is 24.4 Å². The first kappa shape index (κ1) is 5.98. The molecule has 58 valence electrons. The Kier molecular flexibility index (Phi) is 0.787.